The number of amides is 1. The molecule has 0 saturated heterocycles. The van der Waals surface area contributed by atoms with Crippen LogP contribution in [0.2, 0.25) is 0 Å². The van der Waals surface area contributed by atoms with Crippen LogP contribution in [0.5, 0.6) is 0 Å². The van der Waals surface area contributed by atoms with Crippen molar-refractivity contribution in [2.24, 2.45) is 0 Å². The molecule has 1 amide bonds. The Labute approximate surface area is 130 Å². The van der Waals surface area contributed by atoms with Crippen molar-refractivity contribution in [1.82, 2.24) is 5.32 Å². The van der Waals surface area contributed by atoms with Crippen LogP contribution in [0.3, 0.4) is 0 Å². The summed E-state index contributed by atoms with van der Waals surface area (Å²) in [7, 11) is -3.51. The molecule has 0 saturated carbocycles. The first kappa shape index (κ1) is 16.3. The van der Waals surface area contributed by atoms with Gasteiger partial charge in [0, 0.05) is 11.6 Å². The second-order valence-corrected chi connectivity index (χ2v) is 7.12. The van der Waals surface area contributed by atoms with Gasteiger partial charge in [-0.2, -0.15) is 0 Å². The van der Waals surface area contributed by atoms with E-state index in [0.717, 1.165) is 6.42 Å². The van der Waals surface area contributed by atoms with Crippen LogP contribution in [0.4, 0.5) is 0 Å². The number of rotatable bonds is 6. The molecule has 2 rings (SSSR count). The van der Waals surface area contributed by atoms with Crippen LogP contribution in [0, 0.1) is 0 Å². The molecule has 1 N–H and O–H groups in total. The summed E-state index contributed by atoms with van der Waals surface area (Å²) in [4.78, 5) is 12.3. The third kappa shape index (κ3) is 3.76. The van der Waals surface area contributed by atoms with Crippen molar-refractivity contribution < 1.29 is 17.6 Å². The summed E-state index contributed by atoms with van der Waals surface area (Å²) in [6, 6.07) is 9.67. The van der Waals surface area contributed by atoms with Gasteiger partial charge in [0.2, 0.25) is 0 Å². The largest absolute Gasteiger partial charge is 0.459 e. The summed E-state index contributed by atoms with van der Waals surface area (Å²) in [5.74, 6) is -0.603. The highest BCUT2D eigenvalue weighted by Gasteiger charge is 2.22. The molecular formula is C16H19NO4S. The Morgan fingerprint density at radius 2 is 1.91 bits per heavy atom. The monoisotopic (exact) mass is 321 g/mol. The molecule has 0 unspecified atom stereocenters. The molecule has 5 nitrogen and oxygen atoms in total. The number of hydrogen-bond donors (Lipinski definition) is 1. The van der Waals surface area contributed by atoms with Gasteiger partial charge in [0.15, 0.2) is 15.6 Å². The molecule has 0 bridgehead atoms. The molecular weight excluding hydrogens is 302 g/mol. The van der Waals surface area contributed by atoms with Gasteiger partial charge in [0.25, 0.3) is 5.91 Å². The number of hydrogen-bond acceptors (Lipinski definition) is 4. The van der Waals surface area contributed by atoms with E-state index in [9.17, 15) is 13.2 Å². The first-order chi connectivity index (χ1) is 10.4. The Bertz CT molecular complexity index is 735. The molecule has 118 valence electrons. The zero-order chi connectivity index (χ0) is 16.2. The number of nitrogens with one attached hydrogen (secondary N) is 1. The highest BCUT2D eigenvalue weighted by molar-refractivity contribution is 7.90. The Morgan fingerprint density at radius 3 is 2.55 bits per heavy atom. The number of carbonyl (C=O) groups is 1. The van der Waals surface area contributed by atoms with Gasteiger partial charge in [-0.25, -0.2) is 8.42 Å². The number of carbonyl (C=O) groups excluding carboxylic acids is 1. The van der Waals surface area contributed by atoms with Gasteiger partial charge in [-0.15, -0.1) is 0 Å². The first-order valence-electron chi connectivity index (χ1n) is 7.09. The molecule has 2 aromatic rings. The quantitative estimate of drug-likeness (QED) is 0.887. The summed E-state index contributed by atoms with van der Waals surface area (Å²) in [5, 5.41) is 2.77. The Hall–Kier alpha value is -2.08. The van der Waals surface area contributed by atoms with E-state index in [-0.39, 0.29) is 22.5 Å². The fourth-order valence-corrected chi connectivity index (χ4v) is 3.33. The Kier molecular flexibility index (Phi) is 5.03. The molecule has 0 aliphatic heterocycles. The highest BCUT2D eigenvalue weighted by Crippen LogP contribution is 2.20. The molecule has 1 aromatic carbocycles. The van der Waals surface area contributed by atoms with Crippen LogP contribution < -0.4 is 5.32 Å². The lowest BCUT2D eigenvalue weighted by atomic mass is 10.2. The van der Waals surface area contributed by atoms with E-state index in [2.05, 4.69) is 5.32 Å². The summed E-state index contributed by atoms with van der Waals surface area (Å²) < 4.78 is 29.9. The minimum Gasteiger partial charge on any atom is -0.459 e. The predicted octanol–water partition coefficient (Wildman–Crippen LogP) is 2.78. The van der Waals surface area contributed by atoms with Crippen molar-refractivity contribution in [3.8, 4) is 0 Å². The van der Waals surface area contributed by atoms with E-state index in [1.165, 1.54) is 24.5 Å². The smallest absolute Gasteiger partial charge is 0.287 e. The summed E-state index contributed by atoms with van der Waals surface area (Å²) in [5.41, 5.74) is 0.365. The van der Waals surface area contributed by atoms with Crippen LogP contribution in [0.1, 0.15) is 36.4 Å². The van der Waals surface area contributed by atoms with Crippen molar-refractivity contribution in [2.45, 2.75) is 37.0 Å². The van der Waals surface area contributed by atoms with Crippen LogP contribution in [-0.4, -0.2) is 20.4 Å². The van der Waals surface area contributed by atoms with Crippen molar-refractivity contribution in [3.63, 3.8) is 0 Å². The van der Waals surface area contributed by atoms with Crippen molar-refractivity contribution >= 4 is 15.7 Å². The van der Waals surface area contributed by atoms with E-state index >= 15 is 0 Å². The van der Waals surface area contributed by atoms with E-state index in [4.69, 9.17) is 4.42 Å². The van der Waals surface area contributed by atoms with Crippen molar-refractivity contribution in [1.29, 1.82) is 0 Å². The van der Waals surface area contributed by atoms with Crippen LogP contribution in [0.25, 0.3) is 0 Å². The zero-order valence-electron chi connectivity index (χ0n) is 12.6. The van der Waals surface area contributed by atoms with Gasteiger partial charge < -0.3 is 9.73 Å². The summed E-state index contributed by atoms with van der Waals surface area (Å²) in [6.07, 6.45) is 2.12. The van der Waals surface area contributed by atoms with Gasteiger partial charge in [-0.1, -0.05) is 25.1 Å². The summed E-state index contributed by atoms with van der Waals surface area (Å²) in [6.45, 7) is 3.83. The third-order valence-corrected chi connectivity index (χ3v) is 5.07. The van der Waals surface area contributed by atoms with Crippen LogP contribution in [0.15, 0.2) is 52.0 Å². The molecule has 0 radical (unpaired) electrons. The molecule has 0 aliphatic carbocycles. The van der Waals surface area contributed by atoms with E-state index in [0.29, 0.717) is 5.56 Å². The van der Waals surface area contributed by atoms with Gasteiger partial charge in [-0.05, 0) is 31.5 Å². The average Bonchev–Trinajstić information content (AvgIpc) is 2.95. The third-order valence-electron chi connectivity index (χ3n) is 3.39. The number of furan rings is 1. The van der Waals surface area contributed by atoms with E-state index < -0.39 is 15.7 Å². The minimum atomic E-state index is -3.51. The lowest BCUT2D eigenvalue weighted by Crippen LogP contribution is -2.32. The fraction of sp³-hybridized carbons (Fsp3) is 0.312. The van der Waals surface area contributed by atoms with Crippen LogP contribution in [-0.2, 0) is 15.6 Å². The Morgan fingerprint density at radius 1 is 1.23 bits per heavy atom. The maximum absolute atomic E-state index is 12.4. The molecule has 1 aromatic heterocycles. The molecule has 1 heterocycles. The molecule has 1 atom stereocenters. The molecule has 22 heavy (non-hydrogen) atoms. The highest BCUT2D eigenvalue weighted by atomic mass is 32.2. The second-order valence-electron chi connectivity index (χ2n) is 5.13. The van der Waals surface area contributed by atoms with E-state index in [1.54, 1.807) is 18.2 Å². The van der Waals surface area contributed by atoms with Crippen LogP contribution >= 0.6 is 0 Å². The topological polar surface area (TPSA) is 76.4 Å². The molecule has 0 spiro atoms. The van der Waals surface area contributed by atoms with Gasteiger partial charge in [-0.3, -0.25) is 4.79 Å². The summed E-state index contributed by atoms with van der Waals surface area (Å²) >= 11 is 0. The Balaban J connectivity index is 2.22. The lowest BCUT2D eigenvalue weighted by molar-refractivity contribution is 0.0910. The fourth-order valence-electron chi connectivity index (χ4n) is 1.96. The van der Waals surface area contributed by atoms with Gasteiger partial charge in [0.1, 0.15) is 0 Å². The number of sulfone groups is 1. The van der Waals surface area contributed by atoms with Gasteiger partial charge in [0.05, 0.1) is 16.9 Å². The molecule has 6 heteroatoms. The molecule has 0 fully saturated rings. The number of benzene rings is 1. The standard InChI is InChI=1S/C16H19NO4S/c1-3-12(2)17-16(18)15-13(9-10-21-15)11-22(19,20)14-7-5-4-6-8-14/h4-10,12H,3,11H2,1-2H3,(H,17,18)/t12-/m1/s1. The van der Waals surface area contributed by atoms with Crippen molar-refractivity contribution in [2.75, 3.05) is 0 Å². The maximum atomic E-state index is 12.4. The lowest BCUT2D eigenvalue weighted by Gasteiger charge is -2.11. The van der Waals surface area contributed by atoms with E-state index in [1.807, 2.05) is 13.8 Å². The molecule has 0 aliphatic rings. The predicted molar refractivity (Wildman–Crippen MR) is 83.3 cm³/mol. The van der Waals surface area contributed by atoms with Crippen molar-refractivity contribution in [3.05, 3.63) is 54.0 Å². The minimum absolute atomic E-state index is 0.00354. The maximum Gasteiger partial charge on any atom is 0.287 e. The average molecular weight is 321 g/mol. The normalized spacial score (nSPS) is 12.8. The first-order valence-corrected chi connectivity index (χ1v) is 8.74. The SMILES string of the molecule is CC[C@@H](C)NC(=O)c1occc1CS(=O)(=O)c1ccccc1. The van der Waals surface area contributed by atoms with Gasteiger partial charge >= 0.3 is 0 Å². The zero-order valence-corrected chi connectivity index (χ0v) is 13.4. The second kappa shape index (κ2) is 6.79.